The van der Waals surface area contributed by atoms with Crippen LogP contribution in [0.15, 0.2) is 30.7 Å². The molecule has 1 N–H and O–H groups in total. The van der Waals surface area contributed by atoms with Crippen LogP contribution < -0.4 is 9.64 Å². The SMILES string of the molecule is COc1cccn2ncc(C(=O)N3CCCc4[nH]ncc43)c12. The number of carbonyl (C=O) groups excluding carboxylic acids is 1. The fraction of sp³-hybridized carbons (Fsp3) is 0.267. The number of anilines is 1. The first-order chi connectivity index (χ1) is 10.8. The highest BCUT2D eigenvalue weighted by Gasteiger charge is 2.27. The Morgan fingerprint density at radius 2 is 2.32 bits per heavy atom. The van der Waals surface area contributed by atoms with E-state index < -0.39 is 0 Å². The van der Waals surface area contributed by atoms with Crippen LogP contribution in [0.1, 0.15) is 22.5 Å². The number of methoxy groups -OCH3 is 1. The summed E-state index contributed by atoms with van der Waals surface area (Å²) in [4.78, 5) is 14.7. The Morgan fingerprint density at radius 1 is 1.41 bits per heavy atom. The van der Waals surface area contributed by atoms with E-state index in [0.29, 0.717) is 23.4 Å². The minimum absolute atomic E-state index is 0.0816. The topological polar surface area (TPSA) is 75.5 Å². The maximum atomic E-state index is 13.0. The van der Waals surface area contributed by atoms with Crippen LogP contribution in [0.25, 0.3) is 5.52 Å². The first kappa shape index (κ1) is 12.9. The predicted molar refractivity (Wildman–Crippen MR) is 80.3 cm³/mol. The summed E-state index contributed by atoms with van der Waals surface area (Å²) in [6.45, 7) is 0.678. The summed E-state index contributed by atoms with van der Waals surface area (Å²) in [6.07, 6.45) is 6.92. The Labute approximate surface area is 126 Å². The van der Waals surface area contributed by atoms with Gasteiger partial charge in [-0.3, -0.25) is 9.89 Å². The Morgan fingerprint density at radius 3 is 3.18 bits per heavy atom. The lowest BCUT2D eigenvalue weighted by molar-refractivity contribution is 0.0986. The quantitative estimate of drug-likeness (QED) is 0.780. The summed E-state index contributed by atoms with van der Waals surface area (Å²) in [5.74, 6) is 0.551. The average molecular weight is 297 g/mol. The van der Waals surface area contributed by atoms with E-state index in [1.807, 2.05) is 12.1 Å². The van der Waals surface area contributed by atoms with E-state index in [-0.39, 0.29) is 5.91 Å². The Balaban J connectivity index is 1.82. The second kappa shape index (κ2) is 4.87. The minimum atomic E-state index is -0.0816. The van der Waals surface area contributed by atoms with Gasteiger partial charge in [0.05, 0.1) is 36.4 Å². The summed E-state index contributed by atoms with van der Waals surface area (Å²) in [5.41, 5.74) is 3.07. The molecular weight excluding hydrogens is 282 g/mol. The van der Waals surface area contributed by atoms with Gasteiger partial charge in [0.2, 0.25) is 0 Å². The number of H-pyrrole nitrogens is 1. The zero-order valence-corrected chi connectivity index (χ0v) is 12.1. The summed E-state index contributed by atoms with van der Waals surface area (Å²) >= 11 is 0. The molecule has 0 radical (unpaired) electrons. The van der Waals surface area contributed by atoms with Crippen molar-refractivity contribution in [2.75, 3.05) is 18.6 Å². The van der Waals surface area contributed by atoms with Gasteiger partial charge in [0.25, 0.3) is 5.91 Å². The van der Waals surface area contributed by atoms with Crippen LogP contribution in [0.2, 0.25) is 0 Å². The number of rotatable bonds is 2. The smallest absolute Gasteiger partial charge is 0.262 e. The van der Waals surface area contributed by atoms with Gasteiger partial charge in [0.15, 0.2) is 0 Å². The van der Waals surface area contributed by atoms with Crippen LogP contribution in [-0.4, -0.2) is 39.4 Å². The van der Waals surface area contributed by atoms with Crippen molar-refractivity contribution >= 4 is 17.1 Å². The summed E-state index contributed by atoms with van der Waals surface area (Å²) in [6, 6.07) is 3.66. The molecule has 1 aliphatic heterocycles. The number of nitrogens with one attached hydrogen (secondary N) is 1. The normalized spacial score (nSPS) is 14.1. The number of carbonyl (C=O) groups is 1. The standard InChI is InChI=1S/C15H15N5O2/c1-22-13-5-3-7-20-14(13)10(8-17-20)15(21)19-6-2-4-11-12(19)9-16-18-11/h3,5,7-9H,2,4,6H2,1H3,(H,16,18). The zero-order valence-electron chi connectivity index (χ0n) is 12.1. The second-order valence-corrected chi connectivity index (χ2v) is 5.22. The van der Waals surface area contributed by atoms with Crippen LogP contribution in [0.4, 0.5) is 5.69 Å². The van der Waals surface area contributed by atoms with Gasteiger partial charge >= 0.3 is 0 Å². The van der Waals surface area contributed by atoms with Gasteiger partial charge in [-0.05, 0) is 25.0 Å². The highest BCUT2D eigenvalue weighted by molar-refractivity contribution is 6.11. The highest BCUT2D eigenvalue weighted by Crippen LogP contribution is 2.29. The molecule has 0 saturated carbocycles. The molecule has 0 unspecified atom stereocenters. The molecule has 0 atom stereocenters. The predicted octanol–water partition coefficient (Wildman–Crippen LogP) is 1.66. The third-order valence-corrected chi connectivity index (χ3v) is 3.99. The maximum Gasteiger partial charge on any atom is 0.262 e. The van der Waals surface area contributed by atoms with Crippen LogP contribution >= 0.6 is 0 Å². The number of amides is 1. The van der Waals surface area contributed by atoms with Gasteiger partial charge in [-0.2, -0.15) is 10.2 Å². The molecule has 0 spiro atoms. The molecule has 4 rings (SSSR count). The third-order valence-electron chi connectivity index (χ3n) is 3.99. The monoisotopic (exact) mass is 297 g/mol. The molecule has 1 amide bonds. The molecule has 112 valence electrons. The molecule has 7 heteroatoms. The van der Waals surface area contributed by atoms with Gasteiger partial charge in [0.1, 0.15) is 11.3 Å². The van der Waals surface area contributed by atoms with E-state index in [1.54, 1.807) is 35.1 Å². The minimum Gasteiger partial charge on any atom is -0.494 e. The van der Waals surface area contributed by atoms with Crippen LogP contribution in [-0.2, 0) is 6.42 Å². The lowest BCUT2D eigenvalue weighted by Gasteiger charge is -2.26. The molecule has 7 nitrogen and oxygen atoms in total. The van der Waals surface area contributed by atoms with Crippen LogP contribution in [0.3, 0.4) is 0 Å². The second-order valence-electron chi connectivity index (χ2n) is 5.22. The Bertz CT molecular complexity index is 851. The van der Waals surface area contributed by atoms with Crippen molar-refractivity contribution in [2.45, 2.75) is 12.8 Å². The Hall–Kier alpha value is -2.83. The van der Waals surface area contributed by atoms with Gasteiger partial charge in [-0.1, -0.05) is 0 Å². The molecule has 22 heavy (non-hydrogen) atoms. The van der Waals surface area contributed by atoms with Crippen LogP contribution in [0, 0.1) is 0 Å². The van der Waals surface area contributed by atoms with Crippen molar-refractivity contribution in [3.8, 4) is 5.75 Å². The average Bonchev–Trinajstić information content (AvgIpc) is 3.20. The zero-order chi connectivity index (χ0) is 15.1. The van der Waals surface area contributed by atoms with Gasteiger partial charge in [-0.25, -0.2) is 4.52 Å². The molecule has 4 heterocycles. The number of pyridine rings is 1. The number of hydrogen-bond acceptors (Lipinski definition) is 4. The molecule has 0 saturated heterocycles. The molecule has 0 aromatic carbocycles. The van der Waals surface area contributed by atoms with E-state index in [1.165, 1.54) is 0 Å². The van der Waals surface area contributed by atoms with E-state index in [9.17, 15) is 4.79 Å². The molecular formula is C15H15N5O2. The first-order valence-corrected chi connectivity index (χ1v) is 7.14. The van der Waals surface area contributed by atoms with Crippen molar-refractivity contribution in [3.05, 3.63) is 42.0 Å². The number of aromatic amines is 1. The number of nitrogens with zero attached hydrogens (tertiary/aromatic N) is 4. The van der Waals surface area contributed by atoms with Crippen molar-refractivity contribution in [1.82, 2.24) is 19.8 Å². The number of aryl methyl sites for hydroxylation is 1. The van der Waals surface area contributed by atoms with E-state index in [4.69, 9.17) is 4.74 Å². The molecule has 0 aliphatic carbocycles. The van der Waals surface area contributed by atoms with Gasteiger partial charge in [0, 0.05) is 12.7 Å². The number of aromatic nitrogens is 4. The molecule has 3 aromatic rings. The fourth-order valence-electron chi connectivity index (χ4n) is 2.95. The molecule has 0 bridgehead atoms. The van der Waals surface area contributed by atoms with E-state index >= 15 is 0 Å². The van der Waals surface area contributed by atoms with E-state index in [0.717, 1.165) is 24.2 Å². The van der Waals surface area contributed by atoms with E-state index in [2.05, 4.69) is 15.3 Å². The largest absolute Gasteiger partial charge is 0.494 e. The molecule has 0 fully saturated rings. The third kappa shape index (κ3) is 1.78. The van der Waals surface area contributed by atoms with Crippen molar-refractivity contribution in [2.24, 2.45) is 0 Å². The Kier molecular flexibility index (Phi) is 2.85. The maximum absolute atomic E-state index is 13.0. The summed E-state index contributed by atoms with van der Waals surface area (Å²) < 4.78 is 7.03. The van der Waals surface area contributed by atoms with Crippen molar-refractivity contribution < 1.29 is 9.53 Å². The lowest BCUT2D eigenvalue weighted by Crippen LogP contribution is -2.35. The number of ether oxygens (including phenoxy) is 1. The van der Waals surface area contributed by atoms with Crippen molar-refractivity contribution in [1.29, 1.82) is 0 Å². The number of fused-ring (bicyclic) bond motifs is 2. The molecule has 1 aliphatic rings. The van der Waals surface area contributed by atoms with Crippen molar-refractivity contribution in [3.63, 3.8) is 0 Å². The summed E-state index contributed by atoms with van der Waals surface area (Å²) in [7, 11) is 1.59. The summed E-state index contributed by atoms with van der Waals surface area (Å²) in [5, 5.41) is 11.3. The highest BCUT2D eigenvalue weighted by atomic mass is 16.5. The first-order valence-electron chi connectivity index (χ1n) is 7.14. The number of hydrogen-bond donors (Lipinski definition) is 1. The fourth-order valence-corrected chi connectivity index (χ4v) is 2.95. The van der Waals surface area contributed by atoms with Crippen LogP contribution in [0.5, 0.6) is 5.75 Å². The van der Waals surface area contributed by atoms with Gasteiger partial charge in [-0.15, -0.1) is 0 Å². The molecule has 3 aromatic heterocycles. The van der Waals surface area contributed by atoms with Gasteiger partial charge < -0.3 is 9.64 Å². The lowest BCUT2D eigenvalue weighted by atomic mass is 10.1.